The van der Waals surface area contributed by atoms with E-state index in [9.17, 15) is 4.79 Å². The van der Waals surface area contributed by atoms with Crippen molar-refractivity contribution < 1.29 is 14.3 Å². The molecule has 1 heterocycles. The van der Waals surface area contributed by atoms with Gasteiger partial charge in [0.2, 0.25) is 0 Å². The van der Waals surface area contributed by atoms with Gasteiger partial charge >= 0.3 is 5.97 Å². The van der Waals surface area contributed by atoms with Crippen molar-refractivity contribution in [2.24, 2.45) is 0 Å². The SMILES string of the molecule is CCCCOC(=O)[C@H]1[C@@H](c2ccc(Br)cc2)N1c1ccccc1OCCCC. The first-order valence-corrected chi connectivity index (χ1v) is 10.9. The Labute approximate surface area is 176 Å². The predicted molar refractivity (Wildman–Crippen MR) is 116 cm³/mol. The molecule has 0 N–H and O–H groups in total. The minimum absolute atomic E-state index is 0.0295. The molecule has 1 saturated heterocycles. The summed E-state index contributed by atoms with van der Waals surface area (Å²) in [4.78, 5) is 14.9. The number of carbonyl (C=O) groups excluding carboxylic acids is 1. The molecule has 2 atom stereocenters. The maximum absolute atomic E-state index is 12.8. The van der Waals surface area contributed by atoms with Crippen LogP contribution >= 0.6 is 15.9 Å². The van der Waals surface area contributed by atoms with Crippen LogP contribution in [0, 0.1) is 0 Å². The molecule has 1 aliphatic rings. The van der Waals surface area contributed by atoms with Crippen molar-refractivity contribution in [2.75, 3.05) is 18.1 Å². The average Bonchev–Trinajstić information content (AvgIpc) is 3.45. The zero-order valence-corrected chi connectivity index (χ0v) is 18.2. The Kier molecular flexibility index (Phi) is 7.37. The second-order valence-electron chi connectivity index (χ2n) is 7.04. The molecule has 0 bridgehead atoms. The number of hydrogen-bond acceptors (Lipinski definition) is 4. The first-order chi connectivity index (χ1) is 13.7. The van der Waals surface area contributed by atoms with Crippen LogP contribution in [0.5, 0.6) is 5.75 Å². The van der Waals surface area contributed by atoms with E-state index in [-0.39, 0.29) is 18.1 Å². The van der Waals surface area contributed by atoms with E-state index in [1.54, 1.807) is 0 Å². The number of nitrogens with zero attached hydrogens (tertiary/aromatic N) is 1. The number of anilines is 1. The Morgan fingerprint density at radius 2 is 1.68 bits per heavy atom. The highest BCUT2D eigenvalue weighted by Gasteiger charge is 2.55. The maximum atomic E-state index is 12.8. The monoisotopic (exact) mass is 445 g/mol. The maximum Gasteiger partial charge on any atom is 0.331 e. The van der Waals surface area contributed by atoms with E-state index in [4.69, 9.17) is 9.47 Å². The molecule has 0 spiro atoms. The Bertz CT molecular complexity index is 778. The molecule has 0 saturated carbocycles. The first kappa shape index (κ1) is 20.7. The number of halogens is 1. The van der Waals surface area contributed by atoms with E-state index in [1.165, 1.54) is 0 Å². The summed E-state index contributed by atoms with van der Waals surface area (Å²) in [6, 6.07) is 15.7. The van der Waals surface area contributed by atoms with Crippen LogP contribution in [0.15, 0.2) is 53.0 Å². The van der Waals surface area contributed by atoms with Gasteiger partial charge in [0, 0.05) is 4.47 Å². The minimum Gasteiger partial charge on any atom is -0.491 e. The number of carbonyl (C=O) groups is 1. The molecule has 0 unspecified atom stereocenters. The molecule has 0 amide bonds. The van der Waals surface area contributed by atoms with Gasteiger partial charge in [-0.2, -0.15) is 0 Å². The van der Waals surface area contributed by atoms with Crippen molar-refractivity contribution in [1.82, 2.24) is 0 Å². The lowest BCUT2D eigenvalue weighted by Gasteiger charge is -2.14. The summed E-state index contributed by atoms with van der Waals surface area (Å²) in [5, 5.41) is 0. The van der Waals surface area contributed by atoms with Gasteiger partial charge in [0.25, 0.3) is 0 Å². The summed E-state index contributed by atoms with van der Waals surface area (Å²) in [6.45, 7) is 5.38. The van der Waals surface area contributed by atoms with E-state index in [1.807, 2.05) is 36.4 Å². The highest BCUT2D eigenvalue weighted by atomic mass is 79.9. The smallest absolute Gasteiger partial charge is 0.331 e. The molecule has 28 heavy (non-hydrogen) atoms. The van der Waals surface area contributed by atoms with Gasteiger partial charge in [0.05, 0.1) is 24.9 Å². The van der Waals surface area contributed by atoms with Crippen LogP contribution in [0.1, 0.15) is 51.1 Å². The number of ether oxygens (including phenoxy) is 2. The summed E-state index contributed by atoms with van der Waals surface area (Å²) in [5.74, 6) is 0.659. The summed E-state index contributed by atoms with van der Waals surface area (Å²) >= 11 is 3.48. The topological polar surface area (TPSA) is 38.5 Å². The van der Waals surface area contributed by atoms with E-state index in [0.29, 0.717) is 13.2 Å². The standard InChI is InChI=1S/C23H28BrNO3/c1-3-5-15-27-20-10-8-7-9-19(20)25-21(17-11-13-18(24)14-12-17)22(25)23(26)28-16-6-4-2/h7-14,21-22H,3-6,15-16H2,1-2H3/t21-,22-,25?/m1/s1. The van der Waals surface area contributed by atoms with Gasteiger partial charge in [0.15, 0.2) is 6.04 Å². The van der Waals surface area contributed by atoms with Crippen molar-refractivity contribution in [2.45, 2.75) is 51.6 Å². The average molecular weight is 446 g/mol. The zero-order valence-electron chi connectivity index (χ0n) is 16.6. The van der Waals surface area contributed by atoms with E-state index < -0.39 is 0 Å². The summed E-state index contributed by atoms with van der Waals surface area (Å²) in [7, 11) is 0. The Hall–Kier alpha value is -2.01. The van der Waals surface area contributed by atoms with Crippen molar-refractivity contribution in [3.63, 3.8) is 0 Å². The molecule has 4 nitrogen and oxygen atoms in total. The fourth-order valence-corrected chi connectivity index (χ4v) is 3.56. The lowest BCUT2D eigenvalue weighted by molar-refractivity contribution is -0.143. The van der Waals surface area contributed by atoms with Crippen molar-refractivity contribution in [1.29, 1.82) is 0 Å². The van der Waals surface area contributed by atoms with Gasteiger partial charge in [-0.3, -0.25) is 0 Å². The lowest BCUT2D eigenvalue weighted by Crippen LogP contribution is -2.17. The molecule has 2 aromatic rings. The summed E-state index contributed by atoms with van der Waals surface area (Å²) < 4.78 is 12.6. The molecule has 3 rings (SSSR count). The second-order valence-corrected chi connectivity index (χ2v) is 7.95. The normalized spacial score (nSPS) is 18.0. The van der Waals surface area contributed by atoms with Gasteiger partial charge in [-0.1, -0.05) is 66.9 Å². The highest BCUT2D eigenvalue weighted by molar-refractivity contribution is 9.10. The van der Waals surface area contributed by atoms with E-state index >= 15 is 0 Å². The van der Waals surface area contributed by atoms with Crippen LogP contribution in [0.3, 0.4) is 0 Å². The van der Waals surface area contributed by atoms with Crippen molar-refractivity contribution >= 4 is 27.6 Å². The van der Waals surface area contributed by atoms with Gasteiger partial charge in [-0.05, 0) is 42.7 Å². The van der Waals surface area contributed by atoms with Crippen LogP contribution in [0.25, 0.3) is 0 Å². The number of rotatable bonds is 10. The molecule has 150 valence electrons. The molecule has 1 aliphatic heterocycles. The molecule has 2 aromatic carbocycles. The number of esters is 1. The molecular formula is C23H28BrNO3. The quantitative estimate of drug-likeness (QED) is 0.259. The van der Waals surface area contributed by atoms with Gasteiger partial charge in [0.1, 0.15) is 5.75 Å². The predicted octanol–water partition coefficient (Wildman–Crippen LogP) is 5.90. The van der Waals surface area contributed by atoms with Crippen molar-refractivity contribution in [3.05, 3.63) is 58.6 Å². The van der Waals surface area contributed by atoms with Crippen LogP contribution < -0.4 is 9.64 Å². The van der Waals surface area contributed by atoms with Crippen LogP contribution in [-0.2, 0) is 9.53 Å². The highest BCUT2D eigenvalue weighted by Crippen LogP contribution is 2.50. The van der Waals surface area contributed by atoms with E-state index in [2.05, 4.69) is 46.8 Å². The largest absolute Gasteiger partial charge is 0.491 e. The molecule has 1 fully saturated rings. The Morgan fingerprint density at radius 1 is 1.00 bits per heavy atom. The molecule has 0 aromatic heterocycles. The fraction of sp³-hybridized carbons (Fsp3) is 0.435. The number of benzene rings is 2. The summed E-state index contributed by atoms with van der Waals surface area (Å²) in [5.41, 5.74) is 2.05. The van der Waals surface area contributed by atoms with Crippen LogP contribution in [0.2, 0.25) is 0 Å². The lowest BCUT2D eigenvalue weighted by atomic mass is 10.1. The molecular weight excluding hydrogens is 418 g/mol. The van der Waals surface area contributed by atoms with E-state index in [0.717, 1.165) is 47.2 Å². The van der Waals surface area contributed by atoms with Gasteiger partial charge in [-0.25, -0.2) is 4.79 Å². The van der Waals surface area contributed by atoms with Crippen LogP contribution in [0.4, 0.5) is 5.69 Å². The summed E-state index contributed by atoms with van der Waals surface area (Å²) in [6.07, 6.45) is 3.98. The zero-order chi connectivity index (χ0) is 19.9. The third-order valence-corrected chi connectivity index (χ3v) is 5.43. The fourth-order valence-electron chi connectivity index (χ4n) is 3.30. The van der Waals surface area contributed by atoms with Gasteiger partial charge in [-0.15, -0.1) is 0 Å². The molecule has 0 aliphatic carbocycles. The number of hydrogen-bond donors (Lipinski definition) is 0. The van der Waals surface area contributed by atoms with Crippen molar-refractivity contribution in [3.8, 4) is 5.75 Å². The number of para-hydroxylation sites is 2. The Balaban J connectivity index is 1.84. The second kappa shape index (κ2) is 9.97. The molecule has 5 heteroatoms. The third-order valence-electron chi connectivity index (χ3n) is 4.90. The van der Waals surface area contributed by atoms with Crippen LogP contribution in [-0.4, -0.2) is 25.2 Å². The first-order valence-electron chi connectivity index (χ1n) is 10.1. The number of unbranched alkanes of at least 4 members (excludes halogenated alkanes) is 2. The van der Waals surface area contributed by atoms with Gasteiger partial charge < -0.3 is 14.4 Å². The minimum atomic E-state index is -0.311. The third kappa shape index (κ3) is 4.88. The molecule has 0 radical (unpaired) electrons. The Morgan fingerprint density at radius 3 is 2.39 bits per heavy atom.